The minimum atomic E-state index is -2.71. The third-order valence-corrected chi connectivity index (χ3v) is 3.88. The maximum atomic E-state index is 13.5. The van der Waals surface area contributed by atoms with Crippen LogP contribution in [0, 0.1) is 0 Å². The molecule has 6 nitrogen and oxygen atoms in total. The summed E-state index contributed by atoms with van der Waals surface area (Å²) in [5, 5.41) is 2.68. The van der Waals surface area contributed by atoms with Crippen molar-refractivity contribution >= 4 is 22.6 Å². The lowest BCUT2D eigenvalue weighted by molar-refractivity contribution is -0.121. The van der Waals surface area contributed by atoms with Crippen molar-refractivity contribution < 1.29 is 23.0 Å². The number of para-hydroxylation sites is 2. The van der Waals surface area contributed by atoms with Crippen molar-refractivity contribution in [2.75, 3.05) is 32.2 Å². The highest BCUT2D eigenvalue weighted by Gasteiger charge is 2.18. The molecule has 3 aromatic rings. The fraction of sp³-hybridized carbons (Fsp3) is 0.263. The van der Waals surface area contributed by atoms with E-state index in [0.29, 0.717) is 35.5 Å². The van der Waals surface area contributed by atoms with Crippen LogP contribution in [0.3, 0.4) is 0 Å². The zero-order valence-electron chi connectivity index (χ0n) is 14.7. The number of carbonyl (C=O) groups is 1. The van der Waals surface area contributed by atoms with Crippen LogP contribution in [0.5, 0.6) is 0 Å². The van der Waals surface area contributed by atoms with Crippen molar-refractivity contribution in [2.24, 2.45) is 0 Å². The molecule has 0 saturated carbocycles. The first kappa shape index (κ1) is 18.9. The van der Waals surface area contributed by atoms with Gasteiger partial charge >= 0.3 is 6.55 Å². The summed E-state index contributed by atoms with van der Waals surface area (Å²) in [6.45, 7) is -2.07. The number of imidazole rings is 1. The summed E-state index contributed by atoms with van der Waals surface area (Å²) in [5.74, 6) is -0.134. The minimum Gasteiger partial charge on any atom is -0.382 e. The number of benzene rings is 2. The lowest BCUT2D eigenvalue weighted by Crippen LogP contribution is -2.19. The van der Waals surface area contributed by atoms with E-state index in [9.17, 15) is 13.6 Å². The molecule has 1 aromatic heterocycles. The molecule has 27 heavy (non-hydrogen) atoms. The van der Waals surface area contributed by atoms with Gasteiger partial charge in [0, 0.05) is 18.4 Å². The number of aromatic nitrogens is 2. The first-order valence-corrected chi connectivity index (χ1v) is 8.32. The summed E-state index contributed by atoms with van der Waals surface area (Å²) < 4.78 is 38.0. The number of fused-ring (bicyclic) bond motifs is 1. The summed E-state index contributed by atoms with van der Waals surface area (Å²) in [4.78, 5) is 16.1. The average molecular weight is 375 g/mol. The summed E-state index contributed by atoms with van der Waals surface area (Å²) in [7, 11) is 1.55. The largest absolute Gasteiger partial charge is 0.382 e. The monoisotopic (exact) mass is 375 g/mol. The Balaban J connectivity index is 1.75. The van der Waals surface area contributed by atoms with Crippen molar-refractivity contribution in [1.29, 1.82) is 0 Å². The highest BCUT2D eigenvalue weighted by atomic mass is 19.3. The predicted molar refractivity (Wildman–Crippen MR) is 97.7 cm³/mol. The quantitative estimate of drug-likeness (QED) is 0.610. The topological polar surface area (TPSA) is 65.4 Å². The Bertz CT molecular complexity index is 910. The summed E-state index contributed by atoms with van der Waals surface area (Å²) >= 11 is 0. The van der Waals surface area contributed by atoms with E-state index in [1.54, 1.807) is 55.6 Å². The molecule has 0 spiro atoms. The number of hydrogen-bond acceptors (Lipinski definition) is 4. The van der Waals surface area contributed by atoms with Gasteiger partial charge in [-0.05, 0) is 36.4 Å². The van der Waals surface area contributed by atoms with Crippen LogP contribution in [-0.2, 0) is 14.3 Å². The molecule has 0 aliphatic heterocycles. The number of halogens is 2. The van der Waals surface area contributed by atoms with Gasteiger partial charge in [-0.15, -0.1) is 0 Å². The van der Waals surface area contributed by atoms with Crippen molar-refractivity contribution in [3.8, 4) is 11.4 Å². The molecule has 1 amide bonds. The number of ether oxygens (including phenoxy) is 2. The number of rotatable bonds is 8. The molecule has 0 aliphatic carbocycles. The van der Waals surface area contributed by atoms with E-state index < -0.39 is 6.55 Å². The average Bonchev–Trinajstić information content (AvgIpc) is 3.05. The Morgan fingerprint density at radius 2 is 1.89 bits per heavy atom. The zero-order chi connectivity index (χ0) is 19.2. The Morgan fingerprint density at radius 3 is 2.59 bits per heavy atom. The van der Waals surface area contributed by atoms with Crippen LogP contribution in [0.15, 0.2) is 48.5 Å². The smallest absolute Gasteiger partial charge is 0.320 e. The van der Waals surface area contributed by atoms with Gasteiger partial charge in [0.1, 0.15) is 12.4 Å². The van der Waals surface area contributed by atoms with Crippen molar-refractivity contribution in [3.63, 3.8) is 0 Å². The number of nitrogens with one attached hydrogen (secondary N) is 1. The second-order valence-corrected chi connectivity index (χ2v) is 5.74. The lowest BCUT2D eigenvalue weighted by atomic mass is 10.2. The zero-order valence-corrected chi connectivity index (χ0v) is 14.7. The maximum Gasteiger partial charge on any atom is 0.320 e. The van der Waals surface area contributed by atoms with E-state index in [4.69, 9.17) is 9.47 Å². The first-order chi connectivity index (χ1) is 13.1. The fourth-order valence-corrected chi connectivity index (χ4v) is 2.65. The maximum absolute atomic E-state index is 13.5. The molecule has 0 saturated heterocycles. The second kappa shape index (κ2) is 8.70. The van der Waals surface area contributed by atoms with E-state index in [1.807, 2.05) is 0 Å². The van der Waals surface area contributed by atoms with Crippen LogP contribution in [0.1, 0.15) is 6.55 Å². The third-order valence-electron chi connectivity index (χ3n) is 3.88. The summed E-state index contributed by atoms with van der Waals surface area (Å²) in [5.41, 5.74) is 1.94. The van der Waals surface area contributed by atoms with Gasteiger partial charge in [0.15, 0.2) is 0 Å². The van der Waals surface area contributed by atoms with E-state index in [1.165, 1.54) is 0 Å². The van der Waals surface area contributed by atoms with Gasteiger partial charge in [0.25, 0.3) is 0 Å². The number of hydrogen-bond donors (Lipinski definition) is 1. The molecule has 8 heteroatoms. The first-order valence-electron chi connectivity index (χ1n) is 8.32. The number of carbonyl (C=O) groups excluding carboxylic acids is 1. The van der Waals surface area contributed by atoms with Crippen LogP contribution < -0.4 is 5.32 Å². The molecular formula is C19H19F2N3O3. The number of alkyl halides is 2. The molecule has 3 rings (SSSR count). The Morgan fingerprint density at radius 1 is 1.15 bits per heavy atom. The number of nitrogens with zero attached hydrogens (tertiary/aromatic N) is 2. The van der Waals surface area contributed by atoms with Gasteiger partial charge in [0.05, 0.1) is 24.2 Å². The molecule has 0 bridgehead atoms. The van der Waals surface area contributed by atoms with E-state index in [2.05, 4.69) is 10.3 Å². The van der Waals surface area contributed by atoms with E-state index in [0.717, 1.165) is 4.57 Å². The van der Waals surface area contributed by atoms with Gasteiger partial charge < -0.3 is 14.8 Å². The van der Waals surface area contributed by atoms with Crippen LogP contribution >= 0.6 is 0 Å². The van der Waals surface area contributed by atoms with Gasteiger partial charge in [-0.3, -0.25) is 9.36 Å². The Labute approximate surface area is 154 Å². The molecular weight excluding hydrogens is 356 g/mol. The molecule has 0 fully saturated rings. The van der Waals surface area contributed by atoms with Crippen molar-refractivity contribution in [3.05, 3.63) is 48.5 Å². The highest BCUT2D eigenvalue weighted by molar-refractivity contribution is 5.92. The fourth-order valence-electron chi connectivity index (χ4n) is 2.65. The standard InChI is InChI=1S/C19H19F2N3O3/c1-26-10-11-27-12-17(25)22-14-8-6-13(7-9-14)18-23-15-4-2-3-5-16(15)24(18)19(20)21/h2-9,19H,10-12H2,1H3,(H,22,25). The molecule has 0 atom stereocenters. The molecule has 0 aliphatic rings. The van der Waals surface area contributed by atoms with Gasteiger partial charge in [-0.25, -0.2) is 4.98 Å². The normalized spacial score (nSPS) is 11.3. The Hall–Kier alpha value is -2.84. The van der Waals surface area contributed by atoms with E-state index in [-0.39, 0.29) is 18.3 Å². The van der Waals surface area contributed by atoms with Gasteiger partial charge in [-0.2, -0.15) is 8.78 Å². The van der Waals surface area contributed by atoms with E-state index >= 15 is 0 Å². The molecule has 0 radical (unpaired) electrons. The van der Waals surface area contributed by atoms with Crippen LogP contribution in [0.2, 0.25) is 0 Å². The van der Waals surface area contributed by atoms with Gasteiger partial charge in [0.2, 0.25) is 5.91 Å². The minimum absolute atomic E-state index is 0.0910. The van der Waals surface area contributed by atoms with Gasteiger partial charge in [-0.1, -0.05) is 12.1 Å². The van der Waals surface area contributed by atoms with Crippen LogP contribution in [-0.4, -0.2) is 42.4 Å². The summed E-state index contributed by atoms with van der Waals surface area (Å²) in [6.07, 6.45) is 0. The van der Waals surface area contributed by atoms with Crippen molar-refractivity contribution in [2.45, 2.75) is 6.55 Å². The summed E-state index contributed by atoms with van der Waals surface area (Å²) in [6, 6.07) is 13.3. The number of anilines is 1. The van der Waals surface area contributed by atoms with Crippen molar-refractivity contribution in [1.82, 2.24) is 9.55 Å². The lowest BCUT2D eigenvalue weighted by Gasteiger charge is -2.09. The molecule has 1 heterocycles. The number of amides is 1. The predicted octanol–water partition coefficient (Wildman–Crippen LogP) is 3.70. The Kier molecular flexibility index (Phi) is 6.10. The van der Waals surface area contributed by atoms with Crippen LogP contribution in [0.25, 0.3) is 22.4 Å². The molecule has 2 aromatic carbocycles. The molecule has 1 N–H and O–H groups in total. The SMILES string of the molecule is COCCOCC(=O)Nc1ccc(-c2nc3ccccc3n2C(F)F)cc1. The molecule has 142 valence electrons. The number of methoxy groups -OCH3 is 1. The highest BCUT2D eigenvalue weighted by Crippen LogP contribution is 2.30. The second-order valence-electron chi connectivity index (χ2n) is 5.74. The molecule has 0 unspecified atom stereocenters. The van der Waals surface area contributed by atoms with Crippen LogP contribution in [0.4, 0.5) is 14.5 Å². The third kappa shape index (κ3) is 4.47.